The van der Waals surface area contributed by atoms with Crippen molar-refractivity contribution in [2.24, 2.45) is 0 Å². The first-order valence-corrected chi connectivity index (χ1v) is 8.78. The van der Waals surface area contributed by atoms with Crippen LogP contribution in [0.25, 0.3) is 0 Å². The van der Waals surface area contributed by atoms with E-state index in [4.69, 9.17) is 9.47 Å². The first kappa shape index (κ1) is 18.7. The molecule has 142 valence electrons. The van der Waals surface area contributed by atoms with Gasteiger partial charge in [-0.1, -0.05) is 30.3 Å². The molecule has 0 spiro atoms. The van der Waals surface area contributed by atoms with Crippen LogP contribution in [0.2, 0.25) is 0 Å². The number of para-hydroxylation sites is 2. The van der Waals surface area contributed by atoms with Gasteiger partial charge in [0.05, 0.1) is 17.9 Å². The van der Waals surface area contributed by atoms with E-state index in [1.807, 2.05) is 32.0 Å². The molecule has 7 nitrogen and oxygen atoms in total. The van der Waals surface area contributed by atoms with E-state index in [2.05, 4.69) is 5.32 Å². The lowest BCUT2D eigenvalue weighted by molar-refractivity contribution is -0.385. The quantitative estimate of drug-likeness (QED) is 0.460. The third-order valence-corrected chi connectivity index (χ3v) is 4.28. The fourth-order valence-corrected chi connectivity index (χ4v) is 3.13. The zero-order valence-electron chi connectivity index (χ0n) is 15.4. The van der Waals surface area contributed by atoms with E-state index in [0.29, 0.717) is 17.9 Å². The average Bonchev–Trinajstić information content (AvgIpc) is 2.93. The van der Waals surface area contributed by atoms with E-state index < -0.39 is 4.92 Å². The lowest BCUT2D eigenvalue weighted by Gasteiger charge is -2.18. The Morgan fingerprint density at radius 3 is 2.81 bits per heavy atom. The number of carbonyl (C=O) groups excluding carboxylic acids is 1. The summed E-state index contributed by atoms with van der Waals surface area (Å²) in [6.07, 6.45) is 0.779. The van der Waals surface area contributed by atoms with Crippen LogP contribution in [0, 0.1) is 10.1 Å². The summed E-state index contributed by atoms with van der Waals surface area (Å²) in [5, 5.41) is 13.7. The molecule has 1 aliphatic rings. The Hall–Kier alpha value is -3.09. The minimum atomic E-state index is -0.483. The Kier molecular flexibility index (Phi) is 5.30. The highest BCUT2D eigenvalue weighted by atomic mass is 16.6. The van der Waals surface area contributed by atoms with Gasteiger partial charge in [0.2, 0.25) is 5.91 Å². The van der Waals surface area contributed by atoms with Crippen molar-refractivity contribution in [2.45, 2.75) is 32.3 Å². The molecule has 0 saturated heterocycles. The van der Waals surface area contributed by atoms with E-state index in [9.17, 15) is 14.9 Å². The van der Waals surface area contributed by atoms with Crippen LogP contribution in [0.4, 0.5) is 5.69 Å². The van der Waals surface area contributed by atoms with Crippen molar-refractivity contribution >= 4 is 11.6 Å². The number of nitrogens with zero attached hydrogens (tertiary/aromatic N) is 1. The second-order valence-corrected chi connectivity index (χ2v) is 7.04. The molecule has 1 amide bonds. The molecule has 1 N–H and O–H groups in total. The highest BCUT2D eigenvalue weighted by Crippen LogP contribution is 2.41. The van der Waals surface area contributed by atoms with Crippen LogP contribution in [0.5, 0.6) is 11.5 Å². The predicted molar refractivity (Wildman–Crippen MR) is 100 cm³/mol. The summed E-state index contributed by atoms with van der Waals surface area (Å²) >= 11 is 0. The minimum absolute atomic E-state index is 0.0464. The van der Waals surface area contributed by atoms with Gasteiger partial charge in [0.15, 0.2) is 11.5 Å². The smallest absolute Gasteiger partial charge is 0.273 e. The van der Waals surface area contributed by atoms with Gasteiger partial charge in [-0.2, -0.15) is 0 Å². The number of nitro groups is 1. The van der Waals surface area contributed by atoms with Crippen molar-refractivity contribution in [3.8, 4) is 11.5 Å². The van der Waals surface area contributed by atoms with Crippen LogP contribution in [-0.2, 0) is 17.6 Å². The summed E-state index contributed by atoms with van der Waals surface area (Å²) in [7, 11) is 0. The fraction of sp³-hybridized carbons (Fsp3) is 0.350. The van der Waals surface area contributed by atoms with Crippen LogP contribution in [0.1, 0.15) is 25.0 Å². The maximum absolute atomic E-state index is 12.1. The summed E-state index contributed by atoms with van der Waals surface area (Å²) in [4.78, 5) is 22.6. The Balaban J connectivity index is 1.50. The van der Waals surface area contributed by atoms with Crippen LogP contribution < -0.4 is 14.8 Å². The largest absolute Gasteiger partial charge is 0.488 e. The van der Waals surface area contributed by atoms with Gasteiger partial charge in [0.1, 0.15) is 12.2 Å². The molecule has 0 radical (unpaired) electrons. The number of benzene rings is 2. The van der Waals surface area contributed by atoms with Crippen LogP contribution in [-0.4, -0.2) is 29.6 Å². The standard InChI is InChI=1S/C20H22N2O5/c1-20(2)13-15-7-5-9-17(19(15)27-20)26-11-10-21-18(23)12-14-6-3-4-8-16(14)22(24)25/h3-9H,10-13H2,1-2H3,(H,21,23). The van der Waals surface area contributed by atoms with Gasteiger partial charge in [-0.05, 0) is 19.9 Å². The zero-order valence-corrected chi connectivity index (χ0v) is 15.4. The Morgan fingerprint density at radius 1 is 1.26 bits per heavy atom. The summed E-state index contributed by atoms with van der Waals surface area (Å²) in [5.74, 6) is 1.13. The van der Waals surface area contributed by atoms with E-state index >= 15 is 0 Å². The number of carbonyl (C=O) groups is 1. The number of ether oxygens (including phenoxy) is 2. The monoisotopic (exact) mass is 370 g/mol. The molecule has 2 aromatic carbocycles. The Bertz CT molecular complexity index is 863. The molecule has 0 atom stereocenters. The summed E-state index contributed by atoms with van der Waals surface area (Å²) in [5.41, 5.74) is 1.19. The van der Waals surface area contributed by atoms with Gasteiger partial charge >= 0.3 is 0 Å². The molecule has 0 fully saturated rings. The van der Waals surface area contributed by atoms with E-state index in [0.717, 1.165) is 17.7 Å². The summed E-state index contributed by atoms with van der Waals surface area (Å²) in [6.45, 7) is 4.63. The topological polar surface area (TPSA) is 90.7 Å². The van der Waals surface area contributed by atoms with E-state index in [1.165, 1.54) is 6.07 Å². The first-order valence-electron chi connectivity index (χ1n) is 8.78. The number of hydrogen-bond acceptors (Lipinski definition) is 5. The SMILES string of the molecule is CC1(C)Cc2cccc(OCCNC(=O)Cc3ccccc3[N+](=O)[O-])c2O1. The highest BCUT2D eigenvalue weighted by molar-refractivity contribution is 5.79. The van der Waals surface area contributed by atoms with Gasteiger partial charge in [-0.3, -0.25) is 14.9 Å². The van der Waals surface area contributed by atoms with Crippen molar-refractivity contribution in [3.63, 3.8) is 0 Å². The molecule has 27 heavy (non-hydrogen) atoms. The number of amides is 1. The average molecular weight is 370 g/mol. The molecule has 0 aromatic heterocycles. The third-order valence-electron chi connectivity index (χ3n) is 4.28. The summed E-state index contributed by atoms with van der Waals surface area (Å²) in [6, 6.07) is 12.0. The number of nitro benzene ring substituents is 1. The molecule has 0 saturated carbocycles. The lowest BCUT2D eigenvalue weighted by Crippen LogP contribution is -2.29. The van der Waals surface area contributed by atoms with Gasteiger partial charge in [-0.25, -0.2) is 0 Å². The summed E-state index contributed by atoms with van der Waals surface area (Å²) < 4.78 is 11.7. The Morgan fingerprint density at radius 2 is 2.04 bits per heavy atom. The molecule has 0 aliphatic carbocycles. The molecule has 1 heterocycles. The van der Waals surface area contributed by atoms with Gasteiger partial charge in [0.25, 0.3) is 5.69 Å². The Labute approximate surface area is 157 Å². The molecule has 7 heteroatoms. The number of hydrogen-bond donors (Lipinski definition) is 1. The first-order chi connectivity index (χ1) is 12.9. The zero-order chi connectivity index (χ0) is 19.4. The van der Waals surface area contributed by atoms with E-state index in [-0.39, 0.29) is 30.2 Å². The second kappa shape index (κ2) is 7.65. The van der Waals surface area contributed by atoms with Crippen LogP contribution in [0.15, 0.2) is 42.5 Å². The number of fused-ring (bicyclic) bond motifs is 1. The normalized spacial score (nSPS) is 14.1. The minimum Gasteiger partial charge on any atom is -0.488 e. The molecule has 0 bridgehead atoms. The van der Waals surface area contributed by atoms with Crippen molar-refractivity contribution in [1.82, 2.24) is 5.32 Å². The number of rotatable bonds is 7. The van der Waals surface area contributed by atoms with Gasteiger partial charge < -0.3 is 14.8 Å². The third kappa shape index (κ3) is 4.55. The molecule has 2 aromatic rings. The molecule has 1 aliphatic heterocycles. The molecule has 0 unspecified atom stereocenters. The molecular weight excluding hydrogens is 348 g/mol. The predicted octanol–water partition coefficient (Wildman–Crippen LogP) is 3.05. The molecule has 3 rings (SSSR count). The maximum Gasteiger partial charge on any atom is 0.273 e. The van der Waals surface area contributed by atoms with Crippen molar-refractivity contribution in [1.29, 1.82) is 0 Å². The van der Waals surface area contributed by atoms with Crippen LogP contribution >= 0.6 is 0 Å². The lowest BCUT2D eigenvalue weighted by atomic mass is 10.0. The van der Waals surface area contributed by atoms with E-state index in [1.54, 1.807) is 18.2 Å². The highest BCUT2D eigenvalue weighted by Gasteiger charge is 2.32. The van der Waals surface area contributed by atoms with Crippen LogP contribution in [0.3, 0.4) is 0 Å². The van der Waals surface area contributed by atoms with Crippen molar-refractivity contribution in [2.75, 3.05) is 13.2 Å². The maximum atomic E-state index is 12.1. The fourth-order valence-electron chi connectivity index (χ4n) is 3.13. The van der Waals surface area contributed by atoms with Crippen molar-refractivity contribution < 1.29 is 19.2 Å². The van der Waals surface area contributed by atoms with Crippen molar-refractivity contribution in [3.05, 3.63) is 63.7 Å². The number of nitrogens with one attached hydrogen (secondary N) is 1. The van der Waals surface area contributed by atoms with Gasteiger partial charge in [-0.15, -0.1) is 0 Å². The van der Waals surface area contributed by atoms with Gasteiger partial charge in [0, 0.05) is 23.6 Å². The second-order valence-electron chi connectivity index (χ2n) is 7.04. The molecular formula is C20H22N2O5.